The van der Waals surface area contributed by atoms with E-state index in [0.29, 0.717) is 25.1 Å². The molecule has 1 aromatic carbocycles. The number of carboxylic acids is 1. The lowest BCUT2D eigenvalue weighted by molar-refractivity contribution is -0.143. The first-order chi connectivity index (χ1) is 8.99. The minimum absolute atomic E-state index is 0.0489. The summed E-state index contributed by atoms with van der Waals surface area (Å²) >= 11 is 0. The molecule has 1 aliphatic rings. The SMILES string of the molecule is Cc1ccc(C)c(C(=O)N2CCC[C@@H](C(=O)O)C2)c1. The van der Waals surface area contributed by atoms with Crippen molar-refractivity contribution < 1.29 is 14.7 Å². The van der Waals surface area contributed by atoms with Gasteiger partial charge >= 0.3 is 5.97 Å². The highest BCUT2D eigenvalue weighted by molar-refractivity contribution is 5.96. The van der Waals surface area contributed by atoms with Gasteiger partial charge in [0.1, 0.15) is 0 Å². The Hall–Kier alpha value is -1.84. The summed E-state index contributed by atoms with van der Waals surface area (Å²) in [5.41, 5.74) is 2.67. The quantitative estimate of drug-likeness (QED) is 0.888. The fraction of sp³-hybridized carbons (Fsp3) is 0.467. The summed E-state index contributed by atoms with van der Waals surface area (Å²) in [5, 5.41) is 9.07. The van der Waals surface area contributed by atoms with Crippen LogP contribution in [0.3, 0.4) is 0 Å². The van der Waals surface area contributed by atoms with E-state index in [-0.39, 0.29) is 5.91 Å². The van der Waals surface area contributed by atoms with Crippen LogP contribution >= 0.6 is 0 Å². The van der Waals surface area contributed by atoms with Crippen molar-refractivity contribution in [2.75, 3.05) is 13.1 Å². The maximum Gasteiger partial charge on any atom is 0.308 e. The highest BCUT2D eigenvalue weighted by atomic mass is 16.4. The van der Waals surface area contributed by atoms with E-state index in [2.05, 4.69) is 0 Å². The Morgan fingerprint density at radius 3 is 2.74 bits per heavy atom. The van der Waals surface area contributed by atoms with Gasteiger partial charge in [-0.2, -0.15) is 0 Å². The monoisotopic (exact) mass is 261 g/mol. The molecule has 1 aromatic rings. The smallest absolute Gasteiger partial charge is 0.308 e. The molecule has 0 unspecified atom stereocenters. The number of likely N-dealkylation sites (tertiary alicyclic amines) is 1. The number of carboxylic acid groups (broad SMARTS) is 1. The predicted octanol–water partition coefficient (Wildman–Crippen LogP) is 2.24. The Labute approximate surface area is 113 Å². The topological polar surface area (TPSA) is 57.6 Å². The maximum atomic E-state index is 12.5. The van der Waals surface area contributed by atoms with Gasteiger partial charge in [0.2, 0.25) is 0 Å². The van der Waals surface area contributed by atoms with Crippen LogP contribution in [0.1, 0.15) is 34.3 Å². The van der Waals surface area contributed by atoms with Crippen LogP contribution in [0.15, 0.2) is 18.2 Å². The van der Waals surface area contributed by atoms with Gasteiger partial charge < -0.3 is 10.0 Å². The summed E-state index contributed by atoms with van der Waals surface area (Å²) in [5.74, 6) is -1.28. The fourth-order valence-corrected chi connectivity index (χ4v) is 2.50. The van der Waals surface area contributed by atoms with Crippen molar-refractivity contribution in [3.63, 3.8) is 0 Å². The van der Waals surface area contributed by atoms with Crippen molar-refractivity contribution in [3.8, 4) is 0 Å². The van der Waals surface area contributed by atoms with Crippen molar-refractivity contribution in [3.05, 3.63) is 34.9 Å². The van der Waals surface area contributed by atoms with E-state index in [1.165, 1.54) is 0 Å². The van der Waals surface area contributed by atoms with Crippen LogP contribution in [0.25, 0.3) is 0 Å². The molecule has 2 rings (SSSR count). The van der Waals surface area contributed by atoms with Crippen molar-refractivity contribution in [1.82, 2.24) is 4.90 Å². The van der Waals surface area contributed by atoms with Crippen molar-refractivity contribution in [2.24, 2.45) is 5.92 Å². The molecule has 1 atom stereocenters. The van der Waals surface area contributed by atoms with Crippen LogP contribution in [0.5, 0.6) is 0 Å². The lowest BCUT2D eigenvalue weighted by Crippen LogP contribution is -2.42. The molecule has 102 valence electrons. The minimum Gasteiger partial charge on any atom is -0.481 e. The van der Waals surface area contributed by atoms with Crippen molar-refractivity contribution in [2.45, 2.75) is 26.7 Å². The van der Waals surface area contributed by atoms with Gasteiger partial charge in [0.25, 0.3) is 5.91 Å². The molecule has 1 saturated heterocycles. The maximum absolute atomic E-state index is 12.5. The first-order valence-corrected chi connectivity index (χ1v) is 6.58. The van der Waals surface area contributed by atoms with Crippen LogP contribution < -0.4 is 0 Å². The third-order valence-corrected chi connectivity index (χ3v) is 3.68. The lowest BCUT2D eigenvalue weighted by Gasteiger charge is -2.31. The van der Waals surface area contributed by atoms with Gasteiger partial charge in [-0.25, -0.2) is 0 Å². The number of aliphatic carboxylic acids is 1. The molecule has 0 spiro atoms. The van der Waals surface area contributed by atoms with Gasteiger partial charge in [0.05, 0.1) is 5.92 Å². The van der Waals surface area contributed by atoms with Gasteiger partial charge in [-0.1, -0.05) is 17.7 Å². The molecule has 0 bridgehead atoms. The highest BCUT2D eigenvalue weighted by Gasteiger charge is 2.29. The third kappa shape index (κ3) is 2.95. The summed E-state index contributed by atoms with van der Waals surface area (Å²) in [7, 11) is 0. The summed E-state index contributed by atoms with van der Waals surface area (Å²) in [6.07, 6.45) is 1.42. The zero-order valence-corrected chi connectivity index (χ0v) is 11.3. The summed E-state index contributed by atoms with van der Waals surface area (Å²) < 4.78 is 0. The summed E-state index contributed by atoms with van der Waals surface area (Å²) in [4.78, 5) is 25.2. The standard InChI is InChI=1S/C15H19NO3/c1-10-5-6-11(2)13(8-10)14(17)16-7-3-4-12(9-16)15(18)19/h5-6,8,12H,3-4,7,9H2,1-2H3,(H,18,19)/t12-/m1/s1. The predicted molar refractivity (Wildman–Crippen MR) is 72.2 cm³/mol. The van der Waals surface area contributed by atoms with E-state index < -0.39 is 11.9 Å². The Bertz CT molecular complexity index is 510. The van der Waals surface area contributed by atoms with Gasteiger partial charge in [-0.3, -0.25) is 9.59 Å². The Kier molecular flexibility index (Phi) is 3.88. The van der Waals surface area contributed by atoms with E-state index in [1.807, 2.05) is 32.0 Å². The molecule has 0 aliphatic carbocycles. The largest absolute Gasteiger partial charge is 0.481 e. The van der Waals surface area contributed by atoms with Gasteiger partial charge in [0.15, 0.2) is 0 Å². The second-order valence-electron chi connectivity index (χ2n) is 5.25. The highest BCUT2D eigenvalue weighted by Crippen LogP contribution is 2.20. The third-order valence-electron chi connectivity index (χ3n) is 3.68. The molecule has 1 heterocycles. The molecule has 19 heavy (non-hydrogen) atoms. The second-order valence-corrected chi connectivity index (χ2v) is 5.25. The van der Waals surface area contributed by atoms with Gasteiger partial charge in [-0.05, 0) is 38.3 Å². The van der Waals surface area contributed by atoms with Crippen LogP contribution in [0, 0.1) is 19.8 Å². The summed E-state index contributed by atoms with van der Waals surface area (Å²) in [6, 6.07) is 5.78. The number of piperidine rings is 1. The first-order valence-electron chi connectivity index (χ1n) is 6.58. The molecular weight excluding hydrogens is 242 g/mol. The molecule has 0 saturated carbocycles. The number of nitrogens with zero attached hydrogens (tertiary/aromatic N) is 1. The fourth-order valence-electron chi connectivity index (χ4n) is 2.50. The van der Waals surface area contributed by atoms with Crippen LogP contribution in [-0.2, 0) is 4.79 Å². The van der Waals surface area contributed by atoms with Gasteiger partial charge in [-0.15, -0.1) is 0 Å². The summed E-state index contributed by atoms with van der Waals surface area (Å²) in [6.45, 7) is 4.83. The number of hydrogen-bond donors (Lipinski definition) is 1. The number of carbonyl (C=O) groups is 2. The lowest BCUT2D eigenvalue weighted by atomic mass is 9.96. The molecule has 4 heteroatoms. The molecule has 1 fully saturated rings. The van der Waals surface area contributed by atoms with Crippen molar-refractivity contribution in [1.29, 1.82) is 0 Å². The molecule has 1 aliphatic heterocycles. The van der Waals surface area contributed by atoms with E-state index in [1.54, 1.807) is 4.90 Å². The zero-order chi connectivity index (χ0) is 14.0. The number of aryl methyl sites for hydroxylation is 2. The Morgan fingerprint density at radius 2 is 2.05 bits per heavy atom. The Morgan fingerprint density at radius 1 is 1.32 bits per heavy atom. The van der Waals surface area contributed by atoms with Gasteiger partial charge in [0, 0.05) is 18.7 Å². The zero-order valence-electron chi connectivity index (χ0n) is 11.3. The molecular formula is C15H19NO3. The number of amides is 1. The molecule has 0 aromatic heterocycles. The van der Waals surface area contributed by atoms with Crippen LogP contribution in [0.4, 0.5) is 0 Å². The minimum atomic E-state index is -0.807. The molecule has 1 amide bonds. The van der Waals surface area contributed by atoms with E-state index >= 15 is 0 Å². The average molecular weight is 261 g/mol. The van der Waals surface area contributed by atoms with Crippen LogP contribution in [-0.4, -0.2) is 35.0 Å². The normalized spacial score (nSPS) is 19.3. The average Bonchev–Trinajstić information content (AvgIpc) is 2.41. The number of carbonyl (C=O) groups excluding carboxylic acids is 1. The number of hydrogen-bond acceptors (Lipinski definition) is 2. The Balaban J connectivity index is 2.19. The van der Waals surface area contributed by atoms with Crippen molar-refractivity contribution >= 4 is 11.9 Å². The second kappa shape index (κ2) is 5.43. The van der Waals surface area contributed by atoms with E-state index in [9.17, 15) is 9.59 Å². The number of benzene rings is 1. The molecule has 4 nitrogen and oxygen atoms in total. The van der Waals surface area contributed by atoms with Crippen LogP contribution in [0.2, 0.25) is 0 Å². The first kappa shape index (κ1) is 13.6. The molecule has 0 radical (unpaired) electrons. The number of rotatable bonds is 2. The molecule has 1 N–H and O–H groups in total. The van der Waals surface area contributed by atoms with E-state index in [4.69, 9.17) is 5.11 Å². The van der Waals surface area contributed by atoms with E-state index in [0.717, 1.165) is 17.5 Å².